The van der Waals surface area contributed by atoms with E-state index in [2.05, 4.69) is 49.8 Å². The molecule has 0 aliphatic rings. The normalized spacial score (nSPS) is 12.4. The van der Waals surface area contributed by atoms with Crippen LogP contribution in [0.5, 0.6) is 0 Å². The Morgan fingerprint density at radius 2 is 1.71 bits per heavy atom. The van der Waals surface area contributed by atoms with E-state index in [1.807, 2.05) is 22.9 Å². The van der Waals surface area contributed by atoms with Crippen LogP contribution >= 0.6 is 0 Å². The van der Waals surface area contributed by atoms with Crippen LogP contribution in [0.1, 0.15) is 67.8 Å². The first-order valence-corrected chi connectivity index (χ1v) is 11.0. The van der Waals surface area contributed by atoms with Crippen molar-refractivity contribution in [2.45, 2.75) is 58.4 Å². The largest absolute Gasteiger partial charge is 0.347 e. The highest BCUT2D eigenvalue weighted by molar-refractivity contribution is 7.88. The standard InChI is InChI=1S/C20H30N4O3S/c1-14(2)18-11-17(23-24(18)20(3,4)5)19(25)22-12-15-7-9-16(10-8-15)13-28(26,27)21-6/h7-11,14,21H,12-13H2,1-6H3,(H,22,25). The minimum absolute atomic E-state index is 0.0711. The Hall–Kier alpha value is -2.19. The number of rotatable bonds is 7. The number of carbonyl (C=O) groups excluding carboxylic acids is 1. The maximum atomic E-state index is 12.6. The summed E-state index contributed by atoms with van der Waals surface area (Å²) < 4.78 is 27.4. The van der Waals surface area contributed by atoms with Crippen LogP contribution in [0.2, 0.25) is 0 Å². The third-order valence-corrected chi connectivity index (χ3v) is 5.68. The van der Waals surface area contributed by atoms with E-state index < -0.39 is 10.0 Å². The molecule has 1 aromatic carbocycles. The van der Waals surface area contributed by atoms with Crippen molar-refractivity contribution in [3.63, 3.8) is 0 Å². The summed E-state index contributed by atoms with van der Waals surface area (Å²) in [5, 5.41) is 7.39. The minimum atomic E-state index is -3.30. The average molecular weight is 407 g/mol. The van der Waals surface area contributed by atoms with Crippen LogP contribution in [0, 0.1) is 0 Å². The highest BCUT2D eigenvalue weighted by atomic mass is 32.2. The number of carbonyl (C=O) groups is 1. The number of benzene rings is 1. The fraction of sp³-hybridized carbons (Fsp3) is 0.500. The summed E-state index contributed by atoms with van der Waals surface area (Å²) in [6.45, 7) is 10.7. The van der Waals surface area contributed by atoms with Gasteiger partial charge in [0.05, 0.1) is 11.3 Å². The van der Waals surface area contributed by atoms with Gasteiger partial charge in [0.25, 0.3) is 5.91 Å². The van der Waals surface area contributed by atoms with Crippen molar-refractivity contribution in [3.05, 3.63) is 52.8 Å². The van der Waals surface area contributed by atoms with Crippen LogP contribution in [-0.2, 0) is 27.9 Å². The van der Waals surface area contributed by atoms with Gasteiger partial charge in [-0.25, -0.2) is 13.1 Å². The monoisotopic (exact) mass is 406 g/mol. The Morgan fingerprint density at radius 1 is 1.14 bits per heavy atom. The SMILES string of the molecule is CNS(=O)(=O)Cc1ccc(CNC(=O)c2cc(C(C)C)n(C(C)(C)C)n2)cc1. The molecule has 2 rings (SSSR count). The smallest absolute Gasteiger partial charge is 0.272 e. The zero-order valence-corrected chi connectivity index (χ0v) is 18.2. The molecule has 28 heavy (non-hydrogen) atoms. The van der Waals surface area contributed by atoms with Gasteiger partial charge in [0.2, 0.25) is 10.0 Å². The Labute approximate surface area is 167 Å². The molecule has 0 spiro atoms. The van der Waals surface area contributed by atoms with Gasteiger partial charge in [0.1, 0.15) is 5.69 Å². The van der Waals surface area contributed by atoms with E-state index in [1.54, 1.807) is 12.1 Å². The summed E-state index contributed by atoms with van der Waals surface area (Å²) in [7, 11) is -1.90. The Bertz CT molecular complexity index is 923. The molecule has 154 valence electrons. The van der Waals surface area contributed by atoms with E-state index >= 15 is 0 Å². The summed E-state index contributed by atoms with van der Waals surface area (Å²) in [5.74, 6) is -0.0420. The molecule has 0 atom stereocenters. The van der Waals surface area contributed by atoms with Gasteiger partial charge in [0, 0.05) is 12.2 Å². The van der Waals surface area contributed by atoms with Crippen molar-refractivity contribution in [2.24, 2.45) is 0 Å². The van der Waals surface area contributed by atoms with E-state index in [0.717, 1.165) is 11.3 Å². The quantitative estimate of drug-likeness (QED) is 0.739. The van der Waals surface area contributed by atoms with Crippen molar-refractivity contribution in [1.82, 2.24) is 19.8 Å². The first kappa shape index (κ1) is 22.1. The maximum absolute atomic E-state index is 12.6. The second-order valence-corrected chi connectivity index (χ2v) is 10.1. The third kappa shape index (κ3) is 5.65. The Balaban J connectivity index is 2.06. The zero-order valence-electron chi connectivity index (χ0n) is 17.4. The topological polar surface area (TPSA) is 93.1 Å². The number of sulfonamides is 1. The van der Waals surface area contributed by atoms with Crippen LogP contribution in [0.25, 0.3) is 0 Å². The molecular formula is C20H30N4O3S. The predicted molar refractivity (Wildman–Crippen MR) is 111 cm³/mol. The molecule has 1 aromatic heterocycles. The van der Waals surface area contributed by atoms with Gasteiger partial charge < -0.3 is 5.32 Å². The summed E-state index contributed by atoms with van der Waals surface area (Å²) in [5.41, 5.74) is 2.79. The van der Waals surface area contributed by atoms with Crippen molar-refractivity contribution < 1.29 is 13.2 Å². The molecule has 2 N–H and O–H groups in total. The molecule has 1 amide bonds. The number of hydrogen-bond acceptors (Lipinski definition) is 4. The number of nitrogens with zero attached hydrogens (tertiary/aromatic N) is 2. The highest BCUT2D eigenvalue weighted by Gasteiger charge is 2.23. The third-order valence-electron chi connectivity index (χ3n) is 4.34. The van der Waals surface area contributed by atoms with Crippen molar-refractivity contribution in [3.8, 4) is 0 Å². The summed E-state index contributed by atoms with van der Waals surface area (Å²) in [6.07, 6.45) is 0. The highest BCUT2D eigenvalue weighted by Crippen LogP contribution is 2.23. The number of amides is 1. The van der Waals surface area contributed by atoms with Crippen LogP contribution in [0.4, 0.5) is 0 Å². The molecule has 0 aliphatic carbocycles. The molecule has 8 heteroatoms. The van der Waals surface area contributed by atoms with Gasteiger partial charge >= 0.3 is 0 Å². The lowest BCUT2D eigenvalue weighted by Gasteiger charge is -2.23. The fourth-order valence-electron chi connectivity index (χ4n) is 2.77. The fourth-order valence-corrected chi connectivity index (χ4v) is 3.55. The summed E-state index contributed by atoms with van der Waals surface area (Å²) in [4.78, 5) is 12.6. The van der Waals surface area contributed by atoms with Gasteiger partial charge in [-0.1, -0.05) is 38.1 Å². The molecule has 2 aromatic rings. The first-order valence-electron chi connectivity index (χ1n) is 9.30. The van der Waals surface area contributed by atoms with E-state index in [-0.39, 0.29) is 23.1 Å². The molecule has 0 unspecified atom stereocenters. The van der Waals surface area contributed by atoms with Crippen molar-refractivity contribution in [2.75, 3.05) is 7.05 Å². The second kappa shape index (κ2) is 8.45. The predicted octanol–water partition coefficient (Wildman–Crippen LogP) is 2.74. The molecule has 0 radical (unpaired) electrons. The van der Waals surface area contributed by atoms with Gasteiger partial charge in [-0.05, 0) is 50.9 Å². The number of nitrogens with one attached hydrogen (secondary N) is 2. The van der Waals surface area contributed by atoms with Crippen molar-refractivity contribution >= 4 is 15.9 Å². The molecule has 0 saturated heterocycles. The first-order chi connectivity index (χ1) is 12.9. The van der Waals surface area contributed by atoms with Gasteiger partial charge in [-0.2, -0.15) is 5.10 Å². The molecule has 0 fully saturated rings. The summed E-state index contributed by atoms with van der Waals surface area (Å²) >= 11 is 0. The molecule has 0 aliphatic heterocycles. The molecular weight excluding hydrogens is 376 g/mol. The van der Waals surface area contributed by atoms with E-state index in [9.17, 15) is 13.2 Å². The number of aromatic nitrogens is 2. The van der Waals surface area contributed by atoms with Gasteiger partial charge in [-0.15, -0.1) is 0 Å². The average Bonchev–Trinajstić information content (AvgIpc) is 3.07. The number of hydrogen-bond donors (Lipinski definition) is 2. The van der Waals surface area contributed by atoms with Gasteiger partial charge in [0.15, 0.2) is 0 Å². The van der Waals surface area contributed by atoms with Crippen LogP contribution in [0.3, 0.4) is 0 Å². The van der Waals surface area contributed by atoms with E-state index in [1.165, 1.54) is 7.05 Å². The molecule has 1 heterocycles. The lowest BCUT2D eigenvalue weighted by Crippen LogP contribution is -2.27. The van der Waals surface area contributed by atoms with Crippen molar-refractivity contribution in [1.29, 1.82) is 0 Å². The molecule has 0 bridgehead atoms. The lowest BCUT2D eigenvalue weighted by molar-refractivity contribution is 0.0944. The summed E-state index contributed by atoms with van der Waals surface area (Å²) in [6, 6.07) is 8.97. The van der Waals surface area contributed by atoms with Crippen LogP contribution in [-0.4, -0.2) is 31.2 Å². The zero-order chi connectivity index (χ0) is 21.1. The van der Waals surface area contributed by atoms with E-state index in [4.69, 9.17) is 0 Å². The Morgan fingerprint density at radius 3 is 2.18 bits per heavy atom. The van der Waals surface area contributed by atoms with Crippen LogP contribution < -0.4 is 10.0 Å². The van der Waals surface area contributed by atoms with Gasteiger partial charge in [-0.3, -0.25) is 9.48 Å². The minimum Gasteiger partial charge on any atom is -0.347 e. The van der Waals surface area contributed by atoms with E-state index in [0.29, 0.717) is 17.8 Å². The second-order valence-electron chi connectivity index (χ2n) is 8.15. The molecule has 0 saturated carbocycles. The maximum Gasteiger partial charge on any atom is 0.272 e. The lowest BCUT2D eigenvalue weighted by atomic mass is 10.1. The Kier molecular flexibility index (Phi) is 6.67. The molecule has 7 nitrogen and oxygen atoms in total. The van der Waals surface area contributed by atoms with Crippen LogP contribution in [0.15, 0.2) is 30.3 Å².